The minimum atomic E-state index is -3.55. The Balaban J connectivity index is 1.46. The molecule has 1 amide bonds. The molecule has 1 aromatic heterocycles. The van der Waals surface area contributed by atoms with E-state index in [0.29, 0.717) is 48.3 Å². The lowest BCUT2D eigenvalue weighted by Gasteiger charge is -2.34. The van der Waals surface area contributed by atoms with Gasteiger partial charge in [-0.05, 0) is 55.8 Å². The van der Waals surface area contributed by atoms with Crippen LogP contribution < -0.4 is 14.8 Å². The minimum Gasteiger partial charge on any atom is -0.486 e. The predicted octanol–water partition coefficient (Wildman–Crippen LogP) is 2.97. The van der Waals surface area contributed by atoms with Crippen LogP contribution in [0.2, 0.25) is 0 Å². The molecule has 1 fully saturated rings. The summed E-state index contributed by atoms with van der Waals surface area (Å²) in [5, 5.41) is 4.85. The minimum absolute atomic E-state index is 0.138. The molecule has 1 N–H and O–H groups in total. The number of benzene rings is 1. The fourth-order valence-electron chi connectivity index (χ4n) is 3.83. The summed E-state index contributed by atoms with van der Waals surface area (Å²) in [6, 6.07) is 9.00. The molecule has 2 aliphatic heterocycles. The van der Waals surface area contributed by atoms with Crippen molar-refractivity contribution >= 4 is 27.3 Å². The maximum Gasteiger partial charge on any atom is 0.252 e. The number of ether oxygens (including phenoxy) is 2. The molecule has 2 aromatic rings. The fourth-order valence-corrected chi connectivity index (χ4v) is 6.49. The summed E-state index contributed by atoms with van der Waals surface area (Å²) in [7, 11) is -3.55. The van der Waals surface area contributed by atoms with Gasteiger partial charge in [0.2, 0.25) is 5.91 Å². The molecule has 0 spiro atoms. The highest BCUT2D eigenvalue weighted by Gasteiger charge is 2.36. The van der Waals surface area contributed by atoms with Crippen molar-refractivity contribution in [2.75, 3.05) is 26.3 Å². The number of sulfonamides is 1. The number of rotatable bonds is 5. The summed E-state index contributed by atoms with van der Waals surface area (Å²) < 4.78 is 38.7. The predicted molar refractivity (Wildman–Crippen MR) is 114 cm³/mol. The van der Waals surface area contributed by atoms with E-state index >= 15 is 0 Å². The van der Waals surface area contributed by atoms with Crippen LogP contribution in [0.5, 0.6) is 11.5 Å². The van der Waals surface area contributed by atoms with Gasteiger partial charge in [-0.1, -0.05) is 12.1 Å². The van der Waals surface area contributed by atoms with E-state index in [2.05, 4.69) is 5.32 Å². The van der Waals surface area contributed by atoms with Gasteiger partial charge in [-0.25, -0.2) is 8.42 Å². The van der Waals surface area contributed by atoms with E-state index in [-0.39, 0.29) is 18.4 Å². The summed E-state index contributed by atoms with van der Waals surface area (Å²) in [6.07, 6.45) is 1.33. The van der Waals surface area contributed by atoms with Gasteiger partial charge in [0.05, 0.1) is 11.5 Å². The van der Waals surface area contributed by atoms with Crippen LogP contribution in [0.15, 0.2) is 39.9 Å². The highest BCUT2D eigenvalue weighted by molar-refractivity contribution is 7.91. The molecule has 3 heterocycles. The quantitative estimate of drug-likeness (QED) is 0.757. The van der Waals surface area contributed by atoms with Gasteiger partial charge in [-0.2, -0.15) is 4.31 Å². The number of thiophene rings is 1. The number of amides is 1. The first-order chi connectivity index (χ1) is 14.3. The van der Waals surface area contributed by atoms with Crippen molar-refractivity contribution in [2.45, 2.75) is 36.4 Å². The van der Waals surface area contributed by atoms with Crippen LogP contribution in [-0.2, 0) is 20.4 Å². The summed E-state index contributed by atoms with van der Waals surface area (Å²) in [4.78, 5) is 13.0. The van der Waals surface area contributed by atoms with Crippen LogP contribution in [-0.4, -0.2) is 44.9 Å². The number of carbonyl (C=O) groups is 1. The summed E-state index contributed by atoms with van der Waals surface area (Å²) >= 11 is 1.20. The number of carbonyl (C=O) groups excluding carboxylic acids is 1. The van der Waals surface area contributed by atoms with Crippen molar-refractivity contribution in [3.8, 4) is 11.5 Å². The number of nitrogens with one attached hydrogen (secondary N) is 1. The van der Waals surface area contributed by atoms with Crippen LogP contribution in [0, 0.1) is 5.92 Å². The third-order valence-electron chi connectivity index (χ3n) is 5.54. The maximum absolute atomic E-state index is 13.0. The van der Waals surface area contributed by atoms with Gasteiger partial charge < -0.3 is 14.8 Å². The Kier molecular flexibility index (Phi) is 5.78. The summed E-state index contributed by atoms with van der Waals surface area (Å²) in [5.41, 5.74) is 0.265. The van der Waals surface area contributed by atoms with Crippen molar-refractivity contribution < 1.29 is 22.7 Å². The van der Waals surface area contributed by atoms with Crippen molar-refractivity contribution in [3.05, 3.63) is 41.3 Å². The Labute approximate surface area is 181 Å². The lowest BCUT2D eigenvalue weighted by molar-refractivity contribution is -0.127. The zero-order valence-corrected chi connectivity index (χ0v) is 18.7. The monoisotopic (exact) mass is 450 g/mol. The van der Waals surface area contributed by atoms with Crippen molar-refractivity contribution in [2.24, 2.45) is 5.92 Å². The van der Waals surface area contributed by atoms with E-state index in [4.69, 9.17) is 9.47 Å². The fraction of sp³-hybridized carbons (Fsp3) is 0.476. The summed E-state index contributed by atoms with van der Waals surface area (Å²) in [5.74, 6) is 0.853. The van der Waals surface area contributed by atoms with Crippen molar-refractivity contribution in [1.29, 1.82) is 0 Å². The lowest BCUT2D eigenvalue weighted by Crippen LogP contribution is -2.49. The first-order valence-electron chi connectivity index (χ1n) is 10.0. The third-order valence-corrected chi connectivity index (χ3v) is 8.78. The standard InChI is InChI=1S/C21H26N2O5S2/c1-21(2,16-7-8-17-18(13-16)28-11-10-27-17)22-20(24)15-5-3-9-23(14-15)30(25,26)19-6-4-12-29-19/h4,6-8,12-13,15H,3,5,9-11,14H2,1-2H3,(H,22,24). The largest absolute Gasteiger partial charge is 0.486 e. The van der Waals surface area contributed by atoms with Gasteiger partial charge in [-0.3, -0.25) is 4.79 Å². The Morgan fingerprint density at radius 3 is 2.70 bits per heavy atom. The van der Waals surface area contributed by atoms with Gasteiger partial charge in [0.15, 0.2) is 11.5 Å². The molecule has 7 nitrogen and oxygen atoms in total. The lowest BCUT2D eigenvalue weighted by atomic mass is 9.91. The molecule has 0 radical (unpaired) electrons. The van der Waals surface area contributed by atoms with E-state index in [1.54, 1.807) is 17.5 Å². The number of piperidine rings is 1. The van der Waals surface area contributed by atoms with Crippen LogP contribution in [0.4, 0.5) is 0 Å². The maximum atomic E-state index is 13.0. The third kappa shape index (κ3) is 4.19. The molecule has 9 heteroatoms. The molecular weight excluding hydrogens is 424 g/mol. The van der Waals surface area contributed by atoms with Gasteiger partial charge in [0.1, 0.15) is 17.4 Å². The van der Waals surface area contributed by atoms with Crippen LogP contribution in [0.3, 0.4) is 0 Å². The van der Waals surface area contributed by atoms with Crippen molar-refractivity contribution in [1.82, 2.24) is 9.62 Å². The van der Waals surface area contributed by atoms with Gasteiger partial charge in [-0.15, -0.1) is 11.3 Å². The molecule has 2 aliphatic rings. The van der Waals surface area contributed by atoms with Crippen LogP contribution >= 0.6 is 11.3 Å². The van der Waals surface area contributed by atoms with Crippen molar-refractivity contribution in [3.63, 3.8) is 0 Å². The van der Waals surface area contributed by atoms with Gasteiger partial charge in [0, 0.05) is 13.1 Å². The second-order valence-corrected chi connectivity index (χ2v) is 11.2. The molecule has 30 heavy (non-hydrogen) atoms. The number of hydrogen-bond acceptors (Lipinski definition) is 6. The average molecular weight is 451 g/mol. The Hall–Kier alpha value is -2.10. The molecule has 1 unspecified atom stereocenters. The van der Waals surface area contributed by atoms with Gasteiger partial charge >= 0.3 is 0 Å². The number of fused-ring (bicyclic) bond motifs is 1. The van der Waals surface area contributed by atoms with E-state index in [1.165, 1.54) is 15.6 Å². The second kappa shape index (κ2) is 8.20. The first kappa shape index (κ1) is 21.1. The average Bonchev–Trinajstić information content (AvgIpc) is 3.29. The van der Waals surface area contributed by atoms with E-state index < -0.39 is 15.6 Å². The van der Waals surface area contributed by atoms with Crippen LogP contribution in [0.25, 0.3) is 0 Å². The number of nitrogens with zero attached hydrogens (tertiary/aromatic N) is 1. The molecule has 1 saturated heterocycles. The smallest absolute Gasteiger partial charge is 0.252 e. The molecule has 0 aliphatic carbocycles. The zero-order chi connectivity index (χ0) is 21.4. The molecule has 1 aromatic carbocycles. The topological polar surface area (TPSA) is 84.9 Å². The highest BCUT2D eigenvalue weighted by atomic mass is 32.2. The highest BCUT2D eigenvalue weighted by Crippen LogP contribution is 2.35. The van der Waals surface area contributed by atoms with E-state index in [9.17, 15) is 13.2 Å². The molecule has 0 saturated carbocycles. The molecular formula is C21H26N2O5S2. The van der Waals surface area contributed by atoms with E-state index in [0.717, 1.165) is 5.56 Å². The first-order valence-corrected chi connectivity index (χ1v) is 12.4. The zero-order valence-electron chi connectivity index (χ0n) is 17.1. The summed E-state index contributed by atoms with van der Waals surface area (Å²) in [6.45, 7) is 5.52. The Morgan fingerprint density at radius 2 is 1.97 bits per heavy atom. The Bertz CT molecular complexity index is 1020. The van der Waals surface area contributed by atoms with Crippen LogP contribution in [0.1, 0.15) is 32.3 Å². The Morgan fingerprint density at radius 1 is 1.20 bits per heavy atom. The molecule has 4 rings (SSSR count). The molecule has 0 bridgehead atoms. The number of hydrogen-bond donors (Lipinski definition) is 1. The second-order valence-electron chi connectivity index (χ2n) is 8.11. The van der Waals surface area contributed by atoms with Gasteiger partial charge in [0.25, 0.3) is 10.0 Å². The SMILES string of the molecule is CC(C)(NC(=O)C1CCCN(S(=O)(=O)c2cccs2)C1)c1ccc2c(c1)OCCO2. The molecule has 162 valence electrons. The molecule has 1 atom stereocenters. The van der Waals surface area contributed by atoms with E-state index in [1.807, 2.05) is 32.0 Å². The normalized spacial score (nSPS) is 20.0.